The maximum absolute atomic E-state index is 10.8. The third kappa shape index (κ3) is 2.70. The van der Waals surface area contributed by atoms with Gasteiger partial charge in [0.2, 0.25) is 0 Å². The van der Waals surface area contributed by atoms with Crippen molar-refractivity contribution in [1.29, 1.82) is 0 Å². The van der Waals surface area contributed by atoms with Gasteiger partial charge in [-0.2, -0.15) is 0 Å². The Kier molecular flexibility index (Phi) is 3.84. The van der Waals surface area contributed by atoms with E-state index >= 15 is 0 Å². The number of nitro groups is 1. The Labute approximate surface area is 96.8 Å². The number of nitro benzene ring substituents is 1. The zero-order valence-corrected chi connectivity index (χ0v) is 9.27. The quantitative estimate of drug-likeness (QED) is 0.651. The molecule has 0 aliphatic rings. The number of hydrogen-bond acceptors (Lipinski definition) is 3. The van der Waals surface area contributed by atoms with Gasteiger partial charge in [-0.25, -0.2) is 0 Å². The number of aliphatic carboxylic acids is 1. The molecule has 0 fully saturated rings. The number of halogens is 1. The van der Waals surface area contributed by atoms with Crippen molar-refractivity contribution >= 4 is 23.3 Å². The first-order valence-electron chi connectivity index (χ1n) is 4.58. The molecular weight excluding hydrogens is 234 g/mol. The van der Waals surface area contributed by atoms with E-state index in [1.54, 1.807) is 6.92 Å². The molecule has 0 saturated carbocycles. The SMILES string of the molecule is CC(CC(=O)O)c1c(Cl)cccc1[N+](=O)[O-]. The number of hydrogen-bond donors (Lipinski definition) is 1. The molecule has 6 heteroatoms. The van der Waals surface area contributed by atoms with Crippen molar-refractivity contribution in [2.75, 3.05) is 0 Å². The number of carboxylic acid groups (broad SMARTS) is 1. The second-order valence-electron chi connectivity index (χ2n) is 3.43. The van der Waals surface area contributed by atoms with Gasteiger partial charge in [0.05, 0.1) is 21.9 Å². The van der Waals surface area contributed by atoms with Gasteiger partial charge in [-0.15, -0.1) is 0 Å². The lowest BCUT2D eigenvalue weighted by Gasteiger charge is -2.11. The fraction of sp³-hybridized carbons (Fsp3) is 0.300. The van der Waals surface area contributed by atoms with Crippen molar-refractivity contribution < 1.29 is 14.8 Å². The second-order valence-corrected chi connectivity index (χ2v) is 3.84. The van der Waals surface area contributed by atoms with E-state index in [2.05, 4.69) is 0 Å². The Morgan fingerprint density at radius 3 is 2.75 bits per heavy atom. The molecular formula is C10H10ClNO4. The fourth-order valence-electron chi connectivity index (χ4n) is 1.54. The third-order valence-electron chi connectivity index (χ3n) is 2.20. The van der Waals surface area contributed by atoms with E-state index in [0.717, 1.165) is 0 Å². The highest BCUT2D eigenvalue weighted by Crippen LogP contribution is 2.34. The zero-order chi connectivity index (χ0) is 12.3. The highest BCUT2D eigenvalue weighted by molar-refractivity contribution is 6.31. The highest BCUT2D eigenvalue weighted by atomic mass is 35.5. The standard InChI is InChI=1S/C10H10ClNO4/c1-6(5-9(13)14)10-7(11)3-2-4-8(10)12(15)16/h2-4,6H,5H2,1H3,(H,13,14). The minimum atomic E-state index is -1.01. The summed E-state index contributed by atoms with van der Waals surface area (Å²) in [5.74, 6) is -1.51. The summed E-state index contributed by atoms with van der Waals surface area (Å²) in [6.07, 6.45) is -0.190. The zero-order valence-electron chi connectivity index (χ0n) is 8.51. The summed E-state index contributed by atoms with van der Waals surface area (Å²) in [6, 6.07) is 4.30. The van der Waals surface area contributed by atoms with E-state index in [9.17, 15) is 14.9 Å². The Bertz CT molecular complexity index is 433. The van der Waals surface area contributed by atoms with E-state index in [4.69, 9.17) is 16.7 Å². The number of rotatable bonds is 4. The van der Waals surface area contributed by atoms with Crippen LogP contribution < -0.4 is 0 Å². The molecule has 0 aliphatic heterocycles. The predicted molar refractivity (Wildman–Crippen MR) is 58.8 cm³/mol. The van der Waals surface area contributed by atoms with Gasteiger partial charge in [0, 0.05) is 6.07 Å². The molecule has 16 heavy (non-hydrogen) atoms. The van der Waals surface area contributed by atoms with Crippen molar-refractivity contribution in [3.8, 4) is 0 Å². The molecule has 0 amide bonds. The van der Waals surface area contributed by atoms with Crippen LogP contribution in [0, 0.1) is 10.1 Å². The molecule has 1 aromatic rings. The highest BCUT2D eigenvalue weighted by Gasteiger charge is 2.23. The van der Waals surface area contributed by atoms with Crippen LogP contribution in [0.1, 0.15) is 24.8 Å². The molecule has 0 bridgehead atoms. The smallest absolute Gasteiger partial charge is 0.303 e. The minimum absolute atomic E-state index is 0.138. The van der Waals surface area contributed by atoms with Crippen LogP contribution in [0.4, 0.5) is 5.69 Å². The molecule has 86 valence electrons. The molecule has 0 spiro atoms. The summed E-state index contributed by atoms with van der Waals surface area (Å²) in [7, 11) is 0. The monoisotopic (exact) mass is 243 g/mol. The maximum Gasteiger partial charge on any atom is 0.303 e. The van der Waals surface area contributed by atoms with Crippen molar-refractivity contribution in [2.45, 2.75) is 19.3 Å². The molecule has 5 nitrogen and oxygen atoms in total. The average Bonchev–Trinajstić information content (AvgIpc) is 2.15. The fourth-order valence-corrected chi connectivity index (χ4v) is 1.89. The number of nitrogens with zero attached hydrogens (tertiary/aromatic N) is 1. The third-order valence-corrected chi connectivity index (χ3v) is 2.53. The Balaban J connectivity index is 3.19. The van der Waals surface area contributed by atoms with Crippen LogP contribution in [0.15, 0.2) is 18.2 Å². The number of carboxylic acids is 1. The summed E-state index contributed by atoms with van der Waals surface area (Å²) in [6.45, 7) is 1.60. The van der Waals surface area contributed by atoms with Gasteiger partial charge in [-0.3, -0.25) is 14.9 Å². The van der Waals surface area contributed by atoms with Crippen molar-refractivity contribution in [2.24, 2.45) is 0 Å². The summed E-state index contributed by atoms with van der Waals surface area (Å²) in [4.78, 5) is 20.8. The summed E-state index contributed by atoms with van der Waals surface area (Å²) in [5.41, 5.74) is 0.137. The van der Waals surface area contributed by atoms with Gasteiger partial charge in [0.15, 0.2) is 0 Å². The van der Waals surface area contributed by atoms with E-state index in [0.29, 0.717) is 0 Å². The summed E-state index contributed by atoms with van der Waals surface area (Å²) >= 11 is 5.85. The van der Waals surface area contributed by atoms with Crippen LogP contribution in [-0.4, -0.2) is 16.0 Å². The van der Waals surface area contributed by atoms with E-state index < -0.39 is 16.8 Å². The van der Waals surface area contributed by atoms with Crippen LogP contribution in [0.5, 0.6) is 0 Å². The lowest BCUT2D eigenvalue weighted by molar-refractivity contribution is -0.385. The molecule has 1 rings (SSSR count). The molecule has 1 atom stereocenters. The molecule has 0 saturated heterocycles. The Hall–Kier alpha value is -1.62. The van der Waals surface area contributed by atoms with Crippen molar-refractivity contribution in [3.63, 3.8) is 0 Å². The van der Waals surface area contributed by atoms with Crippen molar-refractivity contribution in [3.05, 3.63) is 38.9 Å². The normalized spacial score (nSPS) is 12.1. The van der Waals surface area contributed by atoms with Gasteiger partial charge < -0.3 is 5.11 Å². The van der Waals surface area contributed by atoms with Gasteiger partial charge in [-0.05, 0) is 12.0 Å². The lowest BCUT2D eigenvalue weighted by Crippen LogP contribution is -2.06. The average molecular weight is 244 g/mol. The van der Waals surface area contributed by atoms with Crippen LogP contribution in [-0.2, 0) is 4.79 Å². The van der Waals surface area contributed by atoms with Gasteiger partial charge in [0.25, 0.3) is 5.69 Å². The first-order valence-corrected chi connectivity index (χ1v) is 4.96. The summed E-state index contributed by atoms with van der Waals surface area (Å²) < 4.78 is 0. The van der Waals surface area contributed by atoms with Crippen LogP contribution >= 0.6 is 11.6 Å². The van der Waals surface area contributed by atoms with Gasteiger partial charge in [0.1, 0.15) is 0 Å². The van der Waals surface area contributed by atoms with E-state index in [1.165, 1.54) is 18.2 Å². The minimum Gasteiger partial charge on any atom is -0.481 e. The molecule has 0 heterocycles. The molecule has 0 radical (unpaired) electrons. The molecule has 0 aromatic heterocycles. The van der Waals surface area contributed by atoms with Crippen molar-refractivity contribution in [1.82, 2.24) is 0 Å². The second kappa shape index (κ2) is 4.94. The van der Waals surface area contributed by atoms with Gasteiger partial charge >= 0.3 is 5.97 Å². The Morgan fingerprint density at radius 2 is 2.25 bits per heavy atom. The Morgan fingerprint density at radius 1 is 1.62 bits per heavy atom. The van der Waals surface area contributed by atoms with Crippen LogP contribution in [0.2, 0.25) is 5.02 Å². The topological polar surface area (TPSA) is 80.4 Å². The molecule has 1 N–H and O–H groups in total. The van der Waals surface area contributed by atoms with E-state index in [-0.39, 0.29) is 22.7 Å². The molecule has 1 unspecified atom stereocenters. The first kappa shape index (κ1) is 12.4. The number of carbonyl (C=O) groups is 1. The largest absolute Gasteiger partial charge is 0.481 e. The molecule has 1 aromatic carbocycles. The predicted octanol–water partition coefficient (Wildman–Crippen LogP) is 2.83. The number of benzene rings is 1. The first-order chi connectivity index (χ1) is 7.43. The van der Waals surface area contributed by atoms with Crippen LogP contribution in [0.25, 0.3) is 0 Å². The lowest BCUT2D eigenvalue weighted by atomic mass is 9.96. The summed E-state index contributed by atoms with van der Waals surface area (Å²) in [5, 5.41) is 19.6. The van der Waals surface area contributed by atoms with Gasteiger partial charge in [-0.1, -0.05) is 24.6 Å². The maximum atomic E-state index is 10.8. The van der Waals surface area contributed by atoms with E-state index in [1.807, 2.05) is 0 Å². The molecule has 0 aliphatic carbocycles. The van der Waals surface area contributed by atoms with Crippen LogP contribution in [0.3, 0.4) is 0 Å².